The number of ether oxygens (including phenoxy) is 1. The monoisotopic (exact) mass is 318 g/mol. The average Bonchev–Trinajstić information content (AvgIpc) is 2.43. The Labute approximate surface area is 120 Å². The maximum atomic E-state index is 12.0. The lowest BCUT2D eigenvalue weighted by molar-refractivity contribution is -0.386. The second kappa shape index (κ2) is 6.50. The Morgan fingerprint density at radius 2 is 2.14 bits per heavy atom. The number of hydrogen-bond donors (Lipinski definition) is 2. The predicted octanol–water partition coefficient (Wildman–Crippen LogP) is 0.602. The molecule has 1 atom stereocenters. The van der Waals surface area contributed by atoms with Crippen LogP contribution in [-0.2, 0) is 14.8 Å². The molecule has 0 aliphatic heterocycles. The third-order valence-electron chi connectivity index (χ3n) is 2.66. The predicted molar refractivity (Wildman–Crippen MR) is 71.6 cm³/mol. The van der Waals surface area contributed by atoms with Crippen LogP contribution in [-0.4, -0.2) is 38.1 Å². The molecule has 0 fully saturated rings. The van der Waals surface area contributed by atoms with E-state index in [1.54, 1.807) is 0 Å². The Balaban J connectivity index is 3.06. The summed E-state index contributed by atoms with van der Waals surface area (Å²) in [7, 11) is -2.82. The Morgan fingerprint density at radius 3 is 2.62 bits per heavy atom. The lowest BCUT2D eigenvalue weighted by Gasteiger charge is -2.10. The number of rotatable bonds is 7. The van der Waals surface area contributed by atoms with Gasteiger partial charge in [0.25, 0.3) is 0 Å². The van der Waals surface area contributed by atoms with Gasteiger partial charge < -0.3 is 9.84 Å². The van der Waals surface area contributed by atoms with Crippen molar-refractivity contribution in [3.63, 3.8) is 0 Å². The molecule has 9 nitrogen and oxygen atoms in total. The molecule has 0 bridgehead atoms. The summed E-state index contributed by atoms with van der Waals surface area (Å²) in [6.45, 7) is 1.01. The molecule has 116 valence electrons. The SMILES string of the molecule is COc1ccc(S(=O)(=O)NCC(C)C(=O)O)cc1[N+](=O)[O-]. The normalized spacial score (nSPS) is 12.7. The Bertz CT molecular complexity index is 657. The summed E-state index contributed by atoms with van der Waals surface area (Å²) in [6.07, 6.45) is 0. The number of carbonyl (C=O) groups is 1. The fraction of sp³-hybridized carbons (Fsp3) is 0.364. The fourth-order valence-electron chi connectivity index (χ4n) is 1.38. The molecule has 0 spiro atoms. The van der Waals surface area contributed by atoms with E-state index in [0.29, 0.717) is 0 Å². The second-order valence-corrected chi connectivity index (χ2v) is 5.95. The highest BCUT2D eigenvalue weighted by Gasteiger charge is 2.23. The zero-order valence-corrected chi connectivity index (χ0v) is 12.1. The number of aliphatic carboxylic acids is 1. The molecule has 0 aliphatic rings. The van der Waals surface area contributed by atoms with E-state index in [1.807, 2.05) is 0 Å². The van der Waals surface area contributed by atoms with Crippen molar-refractivity contribution in [2.45, 2.75) is 11.8 Å². The van der Waals surface area contributed by atoms with Crippen molar-refractivity contribution < 1.29 is 28.0 Å². The van der Waals surface area contributed by atoms with Gasteiger partial charge in [0, 0.05) is 12.6 Å². The van der Waals surface area contributed by atoms with E-state index >= 15 is 0 Å². The first-order valence-corrected chi connectivity index (χ1v) is 7.22. The molecule has 0 aromatic heterocycles. The van der Waals surface area contributed by atoms with E-state index < -0.39 is 32.5 Å². The minimum Gasteiger partial charge on any atom is -0.490 e. The molecule has 1 rings (SSSR count). The molecule has 2 N–H and O–H groups in total. The highest BCUT2D eigenvalue weighted by molar-refractivity contribution is 7.89. The van der Waals surface area contributed by atoms with Crippen LogP contribution in [0.2, 0.25) is 0 Å². The van der Waals surface area contributed by atoms with Crippen LogP contribution >= 0.6 is 0 Å². The lowest BCUT2D eigenvalue weighted by Crippen LogP contribution is -2.31. The van der Waals surface area contributed by atoms with Crippen LogP contribution in [0.5, 0.6) is 5.75 Å². The number of methoxy groups -OCH3 is 1. The first-order chi connectivity index (χ1) is 9.69. The van der Waals surface area contributed by atoms with E-state index in [9.17, 15) is 23.3 Å². The summed E-state index contributed by atoms with van der Waals surface area (Å²) in [4.78, 5) is 20.4. The molecule has 0 saturated heterocycles. The highest BCUT2D eigenvalue weighted by Crippen LogP contribution is 2.29. The molecule has 0 radical (unpaired) electrons. The lowest BCUT2D eigenvalue weighted by atomic mass is 10.2. The van der Waals surface area contributed by atoms with Gasteiger partial charge in [-0.3, -0.25) is 14.9 Å². The number of benzene rings is 1. The molecule has 0 amide bonds. The Hall–Kier alpha value is -2.20. The highest BCUT2D eigenvalue weighted by atomic mass is 32.2. The van der Waals surface area contributed by atoms with Gasteiger partial charge in [-0.2, -0.15) is 0 Å². The van der Waals surface area contributed by atoms with Crippen molar-refractivity contribution in [2.24, 2.45) is 5.92 Å². The van der Waals surface area contributed by atoms with Gasteiger partial charge >= 0.3 is 11.7 Å². The molecular formula is C11H14N2O7S. The van der Waals surface area contributed by atoms with Crippen LogP contribution in [0.15, 0.2) is 23.1 Å². The van der Waals surface area contributed by atoms with Crippen LogP contribution < -0.4 is 9.46 Å². The molecule has 21 heavy (non-hydrogen) atoms. The maximum Gasteiger partial charge on any atom is 0.312 e. The van der Waals surface area contributed by atoms with Gasteiger partial charge in [0.05, 0.1) is 22.8 Å². The van der Waals surface area contributed by atoms with Crippen LogP contribution in [0.1, 0.15) is 6.92 Å². The molecule has 1 unspecified atom stereocenters. The summed E-state index contributed by atoms with van der Waals surface area (Å²) < 4.78 is 30.8. The van der Waals surface area contributed by atoms with E-state index in [1.165, 1.54) is 14.0 Å². The third kappa shape index (κ3) is 4.13. The van der Waals surface area contributed by atoms with Gasteiger partial charge in [-0.25, -0.2) is 13.1 Å². The van der Waals surface area contributed by atoms with E-state index in [2.05, 4.69) is 4.72 Å². The third-order valence-corrected chi connectivity index (χ3v) is 4.08. The number of nitrogens with one attached hydrogen (secondary N) is 1. The van der Waals surface area contributed by atoms with Crippen LogP contribution in [0, 0.1) is 16.0 Å². The second-order valence-electron chi connectivity index (χ2n) is 4.18. The number of carboxylic acid groups (broad SMARTS) is 1. The largest absolute Gasteiger partial charge is 0.490 e. The number of sulfonamides is 1. The number of nitrogens with zero attached hydrogens (tertiary/aromatic N) is 1. The summed E-state index contributed by atoms with van der Waals surface area (Å²) >= 11 is 0. The molecule has 0 aliphatic carbocycles. The van der Waals surface area contributed by atoms with Crippen molar-refractivity contribution in [2.75, 3.05) is 13.7 Å². The van der Waals surface area contributed by atoms with Crippen LogP contribution in [0.3, 0.4) is 0 Å². The van der Waals surface area contributed by atoms with E-state index in [4.69, 9.17) is 9.84 Å². The van der Waals surface area contributed by atoms with Crippen LogP contribution in [0.25, 0.3) is 0 Å². The van der Waals surface area contributed by atoms with Crippen molar-refractivity contribution in [3.05, 3.63) is 28.3 Å². The van der Waals surface area contributed by atoms with Crippen molar-refractivity contribution in [3.8, 4) is 5.75 Å². The van der Waals surface area contributed by atoms with Gasteiger partial charge in [0.1, 0.15) is 0 Å². The Kier molecular flexibility index (Phi) is 5.22. The quantitative estimate of drug-likeness (QED) is 0.555. The van der Waals surface area contributed by atoms with Gasteiger partial charge in [-0.15, -0.1) is 0 Å². The number of nitro benzene ring substituents is 1. The number of carboxylic acids is 1. The smallest absolute Gasteiger partial charge is 0.312 e. The maximum absolute atomic E-state index is 12.0. The molecule has 1 aromatic carbocycles. The van der Waals surface area contributed by atoms with Crippen LogP contribution in [0.4, 0.5) is 5.69 Å². The minimum absolute atomic E-state index is 0.0714. The van der Waals surface area contributed by atoms with Crippen molar-refractivity contribution in [1.29, 1.82) is 0 Å². The molecule has 1 aromatic rings. The molecule has 0 heterocycles. The molecular weight excluding hydrogens is 304 g/mol. The van der Waals surface area contributed by atoms with Gasteiger partial charge in [-0.1, -0.05) is 6.92 Å². The van der Waals surface area contributed by atoms with Crippen molar-refractivity contribution in [1.82, 2.24) is 4.72 Å². The first-order valence-electron chi connectivity index (χ1n) is 5.74. The summed E-state index contributed by atoms with van der Waals surface area (Å²) in [6, 6.07) is 3.15. The summed E-state index contributed by atoms with van der Waals surface area (Å²) in [5.41, 5.74) is -0.494. The summed E-state index contributed by atoms with van der Waals surface area (Å²) in [5, 5.41) is 19.5. The standard InChI is InChI=1S/C11H14N2O7S/c1-7(11(14)15)6-12-21(18,19)8-3-4-10(20-2)9(5-8)13(16)17/h3-5,7,12H,6H2,1-2H3,(H,14,15). The van der Waals surface area contributed by atoms with Crippen molar-refractivity contribution >= 4 is 21.7 Å². The first kappa shape index (κ1) is 16.9. The van der Waals surface area contributed by atoms with E-state index in [0.717, 1.165) is 18.2 Å². The molecule has 10 heteroatoms. The fourth-order valence-corrected chi connectivity index (χ4v) is 2.54. The van der Waals surface area contributed by atoms with Gasteiger partial charge in [0.15, 0.2) is 5.75 Å². The number of nitro groups is 1. The number of hydrogen-bond acceptors (Lipinski definition) is 6. The summed E-state index contributed by atoms with van der Waals surface area (Å²) in [5.74, 6) is -2.15. The topological polar surface area (TPSA) is 136 Å². The van der Waals surface area contributed by atoms with E-state index in [-0.39, 0.29) is 17.2 Å². The van der Waals surface area contributed by atoms with Gasteiger partial charge in [0.2, 0.25) is 10.0 Å². The average molecular weight is 318 g/mol. The zero-order chi connectivity index (χ0) is 16.2. The van der Waals surface area contributed by atoms with Gasteiger partial charge in [-0.05, 0) is 12.1 Å². The Morgan fingerprint density at radius 1 is 1.52 bits per heavy atom. The zero-order valence-electron chi connectivity index (χ0n) is 11.3. The minimum atomic E-state index is -4.04. The molecule has 0 saturated carbocycles.